The van der Waals surface area contributed by atoms with Gasteiger partial charge in [0.05, 0.1) is 16.6 Å². The van der Waals surface area contributed by atoms with Gasteiger partial charge in [0.15, 0.2) is 0 Å². The molecular weight excluding hydrogens is 575 g/mol. The summed E-state index contributed by atoms with van der Waals surface area (Å²) in [6.45, 7) is 0.795. The molecule has 0 radical (unpaired) electrons. The number of primary amides is 1. The molecule has 44 heavy (non-hydrogen) atoms. The van der Waals surface area contributed by atoms with Crippen molar-refractivity contribution < 1.29 is 32.7 Å². The lowest BCUT2D eigenvalue weighted by Crippen LogP contribution is -2.39. The molecule has 1 aliphatic carbocycles. The van der Waals surface area contributed by atoms with Gasteiger partial charge in [0.1, 0.15) is 6.54 Å². The lowest BCUT2D eigenvalue weighted by atomic mass is 9.92. The first kappa shape index (κ1) is 30.5. The number of carboxylic acids is 1. The summed E-state index contributed by atoms with van der Waals surface area (Å²) in [5, 5.41) is 15.9. The van der Waals surface area contributed by atoms with Crippen LogP contribution in [-0.4, -0.2) is 64.8 Å². The third-order valence-corrected chi connectivity index (χ3v) is 7.72. The van der Waals surface area contributed by atoms with Crippen molar-refractivity contribution in [1.29, 1.82) is 0 Å². The molecule has 0 unspecified atom stereocenters. The number of aromatic amines is 1. The first-order chi connectivity index (χ1) is 20.8. The fourth-order valence-electron chi connectivity index (χ4n) is 5.80. The smallest absolute Gasteiger partial charge is 0.475 e. The number of halogens is 3. The summed E-state index contributed by atoms with van der Waals surface area (Å²) in [5.41, 5.74) is 11.9. The Morgan fingerprint density at radius 2 is 1.84 bits per heavy atom. The van der Waals surface area contributed by atoms with E-state index in [1.807, 2.05) is 30.3 Å². The van der Waals surface area contributed by atoms with Crippen LogP contribution in [0.2, 0.25) is 0 Å². The minimum absolute atomic E-state index is 0.0395. The van der Waals surface area contributed by atoms with Gasteiger partial charge in [0.25, 0.3) is 0 Å². The van der Waals surface area contributed by atoms with Crippen LogP contribution < -0.4 is 10.6 Å². The maximum atomic E-state index is 13.5. The number of nitrogens with zero attached hydrogens (tertiary/aromatic N) is 3. The first-order valence-corrected chi connectivity index (χ1v) is 13.7. The molecule has 1 aromatic heterocycles. The number of para-hydroxylation sites is 1. The second-order valence-corrected chi connectivity index (χ2v) is 11.1. The Morgan fingerprint density at radius 1 is 1.11 bits per heavy atom. The zero-order chi connectivity index (χ0) is 31.8. The van der Waals surface area contributed by atoms with Crippen LogP contribution in [0.4, 0.5) is 18.9 Å². The van der Waals surface area contributed by atoms with E-state index in [1.54, 1.807) is 4.90 Å². The van der Waals surface area contributed by atoms with Gasteiger partial charge in [0.2, 0.25) is 11.8 Å². The highest BCUT2D eigenvalue weighted by Crippen LogP contribution is 2.66. The molecule has 1 spiro atoms. The second-order valence-electron chi connectivity index (χ2n) is 11.1. The Bertz CT molecular complexity index is 1780. The summed E-state index contributed by atoms with van der Waals surface area (Å²) >= 11 is 0. The van der Waals surface area contributed by atoms with Gasteiger partial charge in [0, 0.05) is 23.5 Å². The molecule has 228 valence electrons. The number of hydrogen-bond acceptors (Lipinski definition) is 5. The van der Waals surface area contributed by atoms with E-state index in [1.165, 1.54) is 5.56 Å². The number of carbonyl (C=O) groups excluding carboxylic acids is 2. The number of carbonyl (C=O) groups is 3. The van der Waals surface area contributed by atoms with E-state index in [0.717, 1.165) is 45.5 Å². The van der Waals surface area contributed by atoms with Crippen LogP contribution in [0, 0.1) is 0 Å². The van der Waals surface area contributed by atoms with Crippen LogP contribution in [0.1, 0.15) is 40.3 Å². The number of aliphatic carboxylic acids is 1. The maximum Gasteiger partial charge on any atom is 0.490 e. The summed E-state index contributed by atoms with van der Waals surface area (Å²) < 4.78 is 31.7. The number of H-pyrrole nitrogens is 1. The van der Waals surface area contributed by atoms with E-state index >= 15 is 0 Å². The molecule has 2 amide bonds. The molecule has 0 bridgehead atoms. The zero-order valence-corrected chi connectivity index (χ0v) is 23.9. The molecular formula is C32H30F3N5O4. The van der Waals surface area contributed by atoms with Crippen molar-refractivity contribution in [2.75, 3.05) is 25.5 Å². The van der Waals surface area contributed by atoms with Gasteiger partial charge in [-0.3, -0.25) is 14.7 Å². The highest BCUT2D eigenvalue weighted by Gasteiger charge is 2.67. The average molecular weight is 606 g/mol. The largest absolute Gasteiger partial charge is 0.490 e. The molecule has 6 rings (SSSR count). The number of rotatable bonds is 7. The Labute approximate surface area is 250 Å². The minimum Gasteiger partial charge on any atom is -0.475 e. The average Bonchev–Trinajstić information content (AvgIpc) is 3.53. The Hall–Kier alpha value is -4.97. The lowest BCUT2D eigenvalue weighted by Gasteiger charge is -2.16. The van der Waals surface area contributed by atoms with E-state index in [2.05, 4.69) is 77.7 Å². The highest BCUT2D eigenvalue weighted by atomic mass is 19.4. The minimum atomic E-state index is -5.08. The van der Waals surface area contributed by atoms with Crippen molar-refractivity contribution in [1.82, 2.24) is 15.1 Å². The van der Waals surface area contributed by atoms with Crippen LogP contribution in [-0.2, 0) is 26.3 Å². The van der Waals surface area contributed by atoms with E-state index in [0.29, 0.717) is 6.42 Å². The molecule has 1 fully saturated rings. The Morgan fingerprint density at radius 3 is 2.52 bits per heavy atom. The third-order valence-electron chi connectivity index (χ3n) is 7.72. The molecule has 9 nitrogen and oxygen atoms in total. The maximum absolute atomic E-state index is 13.5. The SMILES string of the molecule is CN(C)Cc1cccc(/C=C/c2n[nH]c3cc([C@@H]4C[C@@]45C(=O)N(CC(N)=O)c4ccccc45)ccc23)c1.O=C(O)C(F)(F)F. The molecule has 4 aromatic rings. The van der Waals surface area contributed by atoms with Crippen LogP contribution in [0.25, 0.3) is 23.1 Å². The summed E-state index contributed by atoms with van der Waals surface area (Å²) in [6, 6.07) is 22.5. The summed E-state index contributed by atoms with van der Waals surface area (Å²) in [5.74, 6) is -3.26. The molecule has 4 N–H and O–H groups in total. The molecule has 3 aromatic carbocycles. The number of nitrogens with one attached hydrogen (secondary N) is 1. The summed E-state index contributed by atoms with van der Waals surface area (Å²) in [6.07, 6.45) is -0.252. The molecule has 0 saturated heterocycles. The zero-order valence-electron chi connectivity index (χ0n) is 23.9. The van der Waals surface area contributed by atoms with Crippen molar-refractivity contribution in [2.24, 2.45) is 5.73 Å². The van der Waals surface area contributed by atoms with Gasteiger partial charge < -0.3 is 20.6 Å². The van der Waals surface area contributed by atoms with Crippen molar-refractivity contribution in [3.05, 3.63) is 94.7 Å². The van der Waals surface area contributed by atoms with Crippen molar-refractivity contribution in [3.8, 4) is 0 Å². The molecule has 2 atom stereocenters. The normalized spacial score (nSPS) is 19.0. The van der Waals surface area contributed by atoms with Gasteiger partial charge >= 0.3 is 12.1 Å². The monoisotopic (exact) mass is 605 g/mol. The lowest BCUT2D eigenvalue weighted by molar-refractivity contribution is -0.192. The van der Waals surface area contributed by atoms with Crippen LogP contribution >= 0.6 is 0 Å². The molecule has 1 aliphatic heterocycles. The number of alkyl halides is 3. The van der Waals surface area contributed by atoms with Gasteiger partial charge in [-0.1, -0.05) is 60.7 Å². The quantitative estimate of drug-likeness (QED) is 0.280. The number of carboxylic acid groups (broad SMARTS) is 1. The van der Waals surface area contributed by atoms with E-state index in [-0.39, 0.29) is 18.4 Å². The van der Waals surface area contributed by atoms with E-state index in [9.17, 15) is 22.8 Å². The fourth-order valence-corrected chi connectivity index (χ4v) is 5.80. The van der Waals surface area contributed by atoms with Gasteiger partial charge in [-0.15, -0.1) is 0 Å². The van der Waals surface area contributed by atoms with Crippen LogP contribution in [0.3, 0.4) is 0 Å². The van der Waals surface area contributed by atoms with Gasteiger partial charge in [-0.2, -0.15) is 18.3 Å². The van der Waals surface area contributed by atoms with Crippen molar-refractivity contribution >= 4 is 46.5 Å². The number of fused-ring (bicyclic) bond motifs is 3. The fraction of sp³-hybridized carbons (Fsp3) is 0.250. The number of hydrogen-bond donors (Lipinski definition) is 3. The summed E-state index contributed by atoms with van der Waals surface area (Å²) in [7, 11) is 4.13. The van der Waals surface area contributed by atoms with E-state index in [4.69, 9.17) is 15.6 Å². The van der Waals surface area contributed by atoms with E-state index < -0.39 is 23.5 Å². The van der Waals surface area contributed by atoms with Crippen molar-refractivity contribution in [2.45, 2.75) is 30.5 Å². The Balaban J connectivity index is 0.000000493. The third kappa shape index (κ3) is 5.93. The van der Waals surface area contributed by atoms with Crippen LogP contribution in [0.5, 0.6) is 0 Å². The van der Waals surface area contributed by atoms with Gasteiger partial charge in [-0.05, 0) is 61.0 Å². The number of aromatic nitrogens is 2. The summed E-state index contributed by atoms with van der Waals surface area (Å²) in [4.78, 5) is 37.8. The molecule has 2 heterocycles. The standard InChI is InChI=1S/C30H29N5O2.C2HF3O2/c1-34(2)17-20-7-5-6-19(14-20)10-13-25-22-12-11-21(15-26(22)33-32-25)24-16-30(24)23-8-3-4-9-27(23)35(29(30)37)18-28(31)36;3-2(4,5)1(6)7/h3-15,24H,16-18H2,1-2H3,(H2,31,36)(H,32,33);(H,6,7)/b13-10+;/t24-,30-;/m0./s1. The topological polar surface area (TPSA) is 133 Å². The number of benzene rings is 3. The molecule has 2 aliphatic rings. The molecule has 1 saturated carbocycles. The number of anilines is 1. The number of nitrogens with two attached hydrogens (primary N) is 1. The Kier molecular flexibility index (Phi) is 8.04. The predicted molar refractivity (Wildman–Crippen MR) is 160 cm³/mol. The number of amides is 2. The highest BCUT2D eigenvalue weighted by molar-refractivity contribution is 6.13. The second kappa shape index (κ2) is 11.6. The first-order valence-electron chi connectivity index (χ1n) is 13.7. The van der Waals surface area contributed by atoms with Crippen molar-refractivity contribution in [3.63, 3.8) is 0 Å². The predicted octanol–water partition coefficient (Wildman–Crippen LogP) is 4.69. The van der Waals surface area contributed by atoms with Gasteiger partial charge in [-0.25, -0.2) is 4.79 Å². The molecule has 12 heteroatoms. The van der Waals surface area contributed by atoms with Crippen LogP contribution in [0.15, 0.2) is 66.7 Å².